The quantitative estimate of drug-likeness (QED) is 0.456. The lowest BCUT2D eigenvalue weighted by molar-refractivity contribution is 0.191. The van der Waals surface area contributed by atoms with E-state index in [-0.39, 0.29) is 24.5 Å². The molecule has 0 bridgehead atoms. The number of nitrogens with two attached hydrogens (primary N) is 2. The third-order valence-corrected chi connectivity index (χ3v) is 1.17. The summed E-state index contributed by atoms with van der Waals surface area (Å²) < 4.78 is 4.92. The zero-order valence-corrected chi connectivity index (χ0v) is 5.36. The van der Waals surface area contributed by atoms with Crippen molar-refractivity contribution in [3.05, 3.63) is 0 Å². The number of halogens is 1. The smallest absolute Gasteiger partial charge is 0.0634 e. The normalized spacial score (nSPS) is 36.8. The van der Waals surface area contributed by atoms with Gasteiger partial charge in [-0.05, 0) is 0 Å². The molecule has 1 saturated heterocycles. The molecule has 0 spiro atoms. The van der Waals surface area contributed by atoms with Crippen LogP contribution in [0, 0.1) is 0 Å². The number of hydrogen-bond acceptors (Lipinski definition) is 3. The summed E-state index contributed by atoms with van der Waals surface area (Å²) in [5.41, 5.74) is 10.9. The maximum Gasteiger partial charge on any atom is 0.0634 e. The third-order valence-electron chi connectivity index (χ3n) is 1.17. The summed E-state index contributed by atoms with van der Waals surface area (Å²) in [6.45, 7) is 1.25. The number of rotatable bonds is 0. The second-order valence-corrected chi connectivity index (χ2v) is 1.87. The van der Waals surface area contributed by atoms with Gasteiger partial charge in [0.25, 0.3) is 0 Å². The first-order valence-corrected chi connectivity index (χ1v) is 2.39. The molecule has 1 rings (SSSR count). The van der Waals surface area contributed by atoms with Crippen molar-refractivity contribution in [1.82, 2.24) is 0 Å². The second kappa shape index (κ2) is 3.25. The summed E-state index contributed by atoms with van der Waals surface area (Å²) in [6, 6.07) is 0.139. The van der Waals surface area contributed by atoms with Gasteiger partial charge < -0.3 is 16.2 Å². The van der Waals surface area contributed by atoms with Crippen LogP contribution in [0.2, 0.25) is 0 Å². The Labute approximate surface area is 54.8 Å². The van der Waals surface area contributed by atoms with Gasteiger partial charge in [0.15, 0.2) is 0 Å². The average Bonchev–Trinajstić information content (AvgIpc) is 1.91. The molecular weight excluding hydrogens is 128 g/mol. The first-order valence-electron chi connectivity index (χ1n) is 2.39. The van der Waals surface area contributed by atoms with E-state index >= 15 is 0 Å². The maximum absolute atomic E-state index is 5.43. The van der Waals surface area contributed by atoms with Crippen LogP contribution < -0.4 is 11.5 Å². The van der Waals surface area contributed by atoms with Crippen LogP contribution in [0.5, 0.6) is 0 Å². The molecule has 2 atom stereocenters. The van der Waals surface area contributed by atoms with E-state index in [0.717, 1.165) is 0 Å². The molecule has 1 aliphatic heterocycles. The van der Waals surface area contributed by atoms with Crippen molar-refractivity contribution in [2.45, 2.75) is 12.1 Å². The molecule has 0 amide bonds. The van der Waals surface area contributed by atoms with Gasteiger partial charge in [-0.2, -0.15) is 0 Å². The molecule has 0 unspecified atom stereocenters. The summed E-state index contributed by atoms with van der Waals surface area (Å²) in [4.78, 5) is 0. The van der Waals surface area contributed by atoms with Crippen molar-refractivity contribution in [2.24, 2.45) is 11.5 Å². The van der Waals surface area contributed by atoms with E-state index in [1.807, 2.05) is 0 Å². The lowest BCUT2D eigenvalue weighted by atomic mass is 10.2. The fourth-order valence-electron chi connectivity index (χ4n) is 0.587. The Morgan fingerprint density at radius 3 is 1.62 bits per heavy atom. The van der Waals surface area contributed by atoms with Crippen molar-refractivity contribution in [1.29, 1.82) is 0 Å². The Kier molecular flexibility index (Phi) is 3.31. The van der Waals surface area contributed by atoms with E-state index in [2.05, 4.69) is 0 Å². The third kappa shape index (κ3) is 1.59. The van der Waals surface area contributed by atoms with Gasteiger partial charge in [0.2, 0.25) is 0 Å². The Balaban J connectivity index is 0.000000490. The molecule has 50 valence electrons. The van der Waals surface area contributed by atoms with Crippen molar-refractivity contribution < 1.29 is 4.74 Å². The van der Waals surface area contributed by atoms with Gasteiger partial charge in [-0.3, -0.25) is 0 Å². The summed E-state index contributed by atoms with van der Waals surface area (Å²) >= 11 is 0. The van der Waals surface area contributed by atoms with E-state index in [4.69, 9.17) is 16.2 Å². The SMILES string of the molecule is Cl.N[C@H]1COC[C@@H]1N. The topological polar surface area (TPSA) is 61.3 Å². The molecule has 0 radical (unpaired) electrons. The maximum atomic E-state index is 5.43. The Hall–Kier alpha value is 0.170. The first-order chi connectivity index (χ1) is 3.30. The molecule has 4 heteroatoms. The Bertz CT molecular complexity index is 63.1. The molecule has 1 heterocycles. The Morgan fingerprint density at radius 2 is 1.50 bits per heavy atom. The highest BCUT2D eigenvalue weighted by atomic mass is 35.5. The summed E-state index contributed by atoms with van der Waals surface area (Å²) in [6.07, 6.45) is 0. The van der Waals surface area contributed by atoms with E-state index in [9.17, 15) is 0 Å². The average molecular weight is 139 g/mol. The highest BCUT2D eigenvalue weighted by molar-refractivity contribution is 5.85. The minimum atomic E-state index is 0. The fraction of sp³-hybridized carbons (Fsp3) is 1.00. The van der Waals surface area contributed by atoms with Crippen molar-refractivity contribution in [2.75, 3.05) is 13.2 Å². The molecule has 3 nitrogen and oxygen atoms in total. The lowest BCUT2D eigenvalue weighted by Gasteiger charge is -2.02. The van der Waals surface area contributed by atoms with Crippen LogP contribution in [0.15, 0.2) is 0 Å². The van der Waals surface area contributed by atoms with E-state index in [1.165, 1.54) is 0 Å². The van der Waals surface area contributed by atoms with Gasteiger partial charge in [-0.1, -0.05) is 0 Å². The van der Waals surface area contributed by atoms with Crippen LogP contribution in [-0.2, 0) is 4.74 Å². The van der Waals surface area contributed by atoms with Crippen molar-refractivity contribution >= 4 is 12.4 Å². The summed E-state index contributed by atoms with van der Waals surface area (Å²) in [5.74, 6) is 0. The molecule has 8 heavy (non-hydrogen) atoms. The predicted octanol–water partition coefficient (Wildman–Crippen LogP) is -0.907. The molecule has 0 aliphatic carbocycles. The largest absolute Gasteiger partial charge is 0.378 e. The van der Waals surface area contributed by atoms with E-state index in [1.54, 1.807) is 0 Å². The molecule has 0 aromatic heterocycles. The number of hydrogen-bond donors (Lipinski definition) is 2. The first kappa shape index (κ1) is 8.17. The van der Waals surface area contributed by atoms with Crippen molar-refractivity contribution in [3.63, 3.8) is 0 Å². The van der Waals surface area contributed by atoms with Gasteiger partial charge in [-0.25, -0.2) is 0 Å². The highest BCUT2D eigenvalue weighted by Gasteiger charge is 2.19. The van der Waals surface area contributed by atoms with Crippen LogP contribution in [0.4, 0.5) is 0 Å². The van der Waals surface area contributed by atoms with Crippen LogP contribution in [0.3, 0.4) is 0 Å². The number of ether oxygens (including phenoxy) is 1. The van der Waals surface area contributed by atoms with Gasteiger partial charge in [0, 0.05) is 12.1 Å². The molecule has 1 fully saturated rings. The van der Waals surface area contributed by atoms with Crippen LogP contribution in [0.1, 0.15) is 0 Å². The molecular formula is C4H11ClN2O. The van der Waals surface area contributed by atoms with Gasteiger partial charge in [0.1, 0.15) is 0 Å². The molecule has 0 aromatic rings. The highest BCUT2D eigenvalue weighted by Crippen LogP contribution is 1.97. The van der Waals surface area contributed by atoms with E-state index < -0.39 is 0 Å². The monoisotopic (exact) mass is 138 g/mol. The van der Waals surface area contributed by atoms with Gasteiger partial charge in [0.05, 0.1) is 13.2 Å². The van der Waals surface area contributed by atoms with Crippen molar-refractivity contribution in [3.8, 4) is 0 Å². The minimum absolute atomic E-state index is 0. The lowest BCUT2D eigenvalue weighted by Crippen LogP contribution is -2.39. The standard InChI is InChI=1S/C4H10N2O.ClH/c5-3-1-7-2-4(3)6;/h3-4H,1-2,5-6H2;1H/t3-,4-;/m0./s1. The van der Waals surface area contributed by atoms with Crippen LogP contribution in [0.25, 0.3) is 0 Å². The molecule has 0 saturated carbocycles. The zero-order valence-electron chi connectivity index (χ0n) is 4.54. The van der Waals surface area contributed by atoms with Crippen LogP contribution >= 0.6 is 12.4 Å². The molecule has 4 N–H and O–H groups in total. The second-order valence-electron chi connectivity index (χ2n) is 1.87. The van der Waals surface area contributed by atoms with Crippen LogP contribution in [-0.4, -0.2) is 25.3 Å². The minimum Gasteiger partial charge on any atom is -0.378 e. The fourth-order valence-corrected chi connectivity index (χ4v) is 0.587. The predicted molar refractivity (Wildman–Crippen MR) is 34.0 cm³/mol. The summed E-state index contributed by atoms with van der Waals surface area (Å²) in [5, 5.41) is 0. The summed E-state index contributed by atoms with van der Waals surface area (Å²) in [7, 11) is 0. The van der Waals surface area contributed by atoms with Gasteiger partial charge >= 0.3 is 0 Å². The molecule has 1 aliphatic rings. The zero-order chi connectivity index (χ0) is 5.28. The molecule has 0 aromatic carbocycles. The van der Waals surface area contributed by atoms with Gasteiger partial charge in [-0.15, -0.1) is 12.4 Å². The Morgan fingerprint density at radius 1 is 1.12 bits per heavy atom. The van der Waals surface area contributed by atoms with E-state index in [0.29, 0.717) is 13.2 Å².